The lowest BCUT2D eigenvalue weighted by Crippen LogP contribution is -2.18. The number of ether oxygens (including phenoxy) is 1. The van der Waals surface area contributed by atoms with Gasteiger partial charge in [-0.15, -0.1) is 0 Å². The number of carboxylic acids is 1. The number of fused-ring (bicyclic) bond motifs is 2. The van der Waals surface area contributed by atoms with Gasteiger partial charge in [0.1, 0.15) is 0 Å². The second-order valence-corrected chi connectivity index (χ2v) is 11.9. The van der Waals surface area contributed by atoms with Crippen LogP contribution in [-0.2, 0) is 16.6 Å². The first-order valence-corrected chi connectivity index (χ1v) is 15.1. The highest BCUT2D eigenvalue weighted by molar-refractivity contribution is 7.21. The zero-order valence-electron chi connectivity index (χ0n) is 23.9. The summed E-state index contributed by atoms with van der Waals surface area (Å²) >= 11 is 7.55. The molecule has 6 rings (SSSR count). The zero-order chi connectivity index (χ0) is 30.2. The van der Waals surface area contributed by atoms with E-state index in [2.05, 4.69) is 5.10 Å². The number of benzene rings is 3. The van der Waals surface area contributed by atoms with E-state index < -0.39 is 12.1 Å². The molecule has 0 saturated carbocycles. The third-order valence-electron chi connectivity index (χ3n) is 7.52. The highest BCUT2D eigenvalue weighted by Crippen LogP contribution is 2.42. The summed E-state index contributed by atoms with van der Waals surface area (Å²) in [6.07, 6.45) is 4.08. The molecular formula is C33H29ClN4O4S. The molecule has 0 aliphatic heterocycles. The average Bonchev–Trinajstić information content (AvgIpc) is 3.58. The lowest BCUT2D eigenvalue weighted by atomic mass is 9.91. The molecule has 0 aliphatic rings. The van der Waals surface area contributed by atoms with Gasteiger partial charge in [-0.2, -0.15) is 5.10 Å². The van der Waals surface area contributed by atoms with Crippen molar-refractivity contribution in [1.29, 1.82) is 0 Å². The molecule has 8 nitrogen and oxygen atoms in total. The Morgan fingerprint density at radius 3 is 2.56 bits per heavy atom. The number of carbonyl (C=O) groups is 1. The maximum Gasteiger partial charge on any atom is 0.337 e. The zero-order valence-corrected chi connectivity index (χ0v) is 25.4. The van der Waals surface area contributed by atoms with Gasteiger partial charge in [-0.1, -0.05) is 54.5 Å². The van der Waals surface area contributed by atoms with Crippen LogP contribution in [0.2, 0.25) is 5.02 Å². The van der Waals surface area contributed by atoms with E-state index in [0.29, 0.717) is 33.4 Å². The molecule has 218 valence electrons. The molecule has 0 radical (unpaired) electrons. The minimum absolute atomic E-state index is 0.221. The van der Waals surface area contributed by atoms with Crippen LogP contribution >= 0.6 is 22.9 Å². The van der Waals surface area contributed by atoms with Crippen molar-refractivity contribution in [2.75, 3.05) is 6.61 Å². The molecule has 3 aromatic carbocycles. The summed E-state index contributed by atoms with van der Waals surface area (Å²) in [4.78, 5) is 30.6. The van der Waals surface area contributed by atoms with E-state index in [0.717, 1.165) is 50.7 Å². The van der Waals surface area contributed by atoms with Crippen LogP contribution in [0.4, 0.5) is 0 Å². The van der Waals surface area contributed by atoms with Gasteiger partial charge < -0.3 is 9.84 Å². The van der Waals surface area contributed by atoms with Crippen LogP contribution in [0.15, 0.2) is 77.9 Å². The Morgan fingerprint density at radius 2 is 1.81 bits per heavy atom. The van der Waals surface area contributed by atoms with Crippen LogP contribution in [0.1, 0.15) is 37.0 Å². The monoisotopic (exact) mass is 612 g/mol. The van der Waals surface area contributed by atoms with Crippen molar-refractivity contribution >= 4 is 50.0 Å². The Bertz CT molecular complexity index is 2040. The van der Waals surface area contributed by atoms with Crippen molar-refractivity contribution < 1.29 is 14.6 Å². The molecule has 43 heavy (non-hydrogen) atoms. The molecule has 0 spiro atoms. The first-order chi connectivity index (χ1) is 20.7. The van der Waals surface area contributed by atoms with Crippen molar-refractivity contribution in [2.24, 2.45) is 7.05 Å². The molecule has 6 aromatic rings. The van der Waals surface area contributed by atoms with Gasteiger partial charge >= 0.3 is 5.97 Å². The Labute approximate surface area is 256 Å². The second-order valence-electron chi connectivity index (χ2n) is 10.4. The summed E-state index contributed by atoms with van der Waals surface area (Å²) in [5.41, 5.74) is 6.08. The number of aryl methyl sites for hydroxylation is 2. The van der Waals surface area contributed by atoms with Gasteiger partial charge in [-0.3, -0.25) is 14.0 Å². The first kappa shape index (κ1) is 28.8. The highest BCUT2D eigenvalue weighted by atomic mass is 35.5. The SMILES string of the molecule is CCCCOC(C(=O)O)c1c(C)cc2nc(-n3cc(-c4ccc5c(cnn5C)c4)ccc3=O)sc2c1-c1ccc(Cl)cc1. The van der Waals surface area contributed by atoms with E-state index in [9.17, 15) is 14.7 Å². The highest BCUT2D eigenvalue weighted by Gasteiger charge is 2.29. The predicted octanol–water partition coefficient (Wildman–Crippen LogP) is 7.57. The van der Waals surface area contributed by atoms with Gasteiger partial charge in [0, 0.05) is 47.5 Å². The van der Waals surface area contributed by atoms with Gasteiger partial charge in [0.2, 0.25) is 0 Å². The number of halogens is 1. The largest absolute Gasteiger partial charge is 0.479 e. The lowest BCUT2D eigenvalue weighted by Gasteiger charge is -2.21. The van der Waals surface area contributed by atoms with E-state index in [1.165, 1.54) is 17.4 Å². The molecule has 1 atom stereocenters. The van der Waals surface area contributed by atoms with Crippen molar-refractivity contribution in [1.82, 2.24) is 19.3 Å². The van der Waals surface area contributed by atoms with Gasteiger partial charge in [0.05, 0.1) is 21.9 Å². The van der Waals surface area contributed by atoms with E-state index in [-0.39, 0.29) is 5.56 Å². The standard InChI is InChI=1S/C33H29ClN4O4S/c1-4-5-14-42-30(32(40)41)28-19(2)15-25-31(29(28)20-6-10-24(34)11-7-20)43-33(36-25)38-18-22(9-13-27(38)39)21-8-12-26-23(16-21)17-35-37(26)3/h6-13,15-18,30H,4-5,14H2,1-3H3,(H,40,41). The quantitative estimate of drug-likeness (QED) is 0.169. The number of aliphatic carboxylic acids is 1. The van der Waals surface area contributed by atoms with Crippen molar-refractivity contribution in [3.63, 3.8) is 0 Å². The number of hydrogen-bond donors (Lipinski definition) is 1. The molecule has 10 heteroatoms. The van der Waals surface area contributed by atoms with Gasteiger partial charge in [0.15, 0.2) is 11.2 Å². The smallest absolute Gasteiger partial charge is 0.337 e. The van der Waals surface area contributed by atoms with Crippen molar-refractivity contribution in [3.8, 4) is 27.4 Å². The summed E-state index contributed by atoms with van der Waals surface area (Å²) < 4.78 is 10.1. The van der Waals surface area contributed by atoms with Crippen LogP contribution in [0.25, 0.3) is 48.5 Å². The number of aromatic nitrogens is 4. The van der Waals surface area contributed by atoms with Gasteiger partial charge in [-0.05, 0) is 72.0 Å². The molecule has 0 fully saturated rings. The van der Waals surface area contributed by atoms with E-state index in [1.807, 2.05) is 68.2 Å². The van der Waals surface area contributed by atoms with Crippen LogP contribution in [-0.4, -0.2) is 37.0 Å². The molecule has 0 saturated heterocycles. The van der Waals surface area contributed by atoms with E-state index in [1.54, 1.807) is 29.0 Å². The molecule has 0 bridgehead atoms. The Kier molecular flexibility index (Phi) is 7.87. The van der Waals surface area contributed by atoms with Crippen LogP contribution in [0.5, 0.6) is 0 Å². The summed E-state index contributed by atoms with van der Waals surface area (Å²) in [6.45, 7) is 4.22. The van der Waals surface area contributed by atoms with Gasteiger partial charge in [-0.25, -0.2) is 9.78 Å². The fraction of sp³-hybridized carbons (Fsp3) is 0.212. The summed E-state index contributed by atoms with van der Waals surface area (Å²) in [7, 11) is 1.90. The number of thiazole rings is 1. The first-order valence-electron chi connectivity index (χ1n) is 13.9. The third-order valence-corrected chi connectivity index (χ3v) is 8.85. The molecule has 3 aromatic heterocycles. The number of carboxylic acid groups (broad SMARTS) is 1. The van der Waals surface area contributed by atoms with Crippen LogP contribution in [0, 0.1) is 6.92 Å². The molecule has 0 amide bonds. The topological polar surface area (TPSA) is 99.2 Å². The molecule has 1 N–H and O–H groups in total. The fourth-order valence-electron chi connectivity index (χ4n) is 5.32. The molecular weight excluding hydrogens is 584 g/mol. The minimum Gasteiger partial charge on any atom is -0.479 e. The third kappa shape index (κ3) is 5.47. The van der Waals surface area contributed by atoms with Crippen molar-refractivity contribution in [3.05, 3.63) is 99.6 Å². The molecule has 0 aliphatic carbocycles. The Morgan fingerprint density at radius 1 is 1.07 bits per heavy atom. The average molecular weight is 613 g/mol. The molecule has 3 heterocycles. The van der Waals surface area contributed by atoms with E-state index in [4.69, 9.17) is 21.3 Å². The van der Waals surface area contributed by atoms with Crippen molar-refractivity contribution in [2.45, 2.75) is 32.8 Å². The number of pyridine rings is 1. The fourth-order valence-corrected chi connectivity index (χ4v) is 6.55. The molecule has 1 unspecified atom stereocenters. The number of unbranched alkanes of at least 4 members (excludes halogenated alkanes) is 1. The summed E-state index contributed by atoms with van der Waals surface area (Å²) in [5, 5.41) is 16.6. The Hall–Kier alpha value is -4.31. The van der Waals surface area contributed by atoms with Crippen LogP contribution < -0.4 is 5.56 Å². The minimum atomic E-state index is -1.17. The summed E-state index contributed by atoms with van der Waals surface area (Å²) in [6, 6.07) is 18.6. The lowest BCUT2D eigenvalue weighted by molar-refractivity contribution is -0.151. The maximum atomic E-state index is 13.2. The number of rotatable bonds is 9. The van der Waals surface area contributed by atoms with E-state index >= 15 is 0 Å². The number of hydrogen-bond acceptors (Lipinski definition) is 6. The predicted molar refractivity (Wildman–Crippen MR) is 171 cm³/mol. The Balaban J connectivity index is 1.53. The maximum absolute atomic E-state index is 13.2. The van der Waals surface area contributed by atoms with Gasteiger partial charge in [0.25, 0.3) is 5.56 Å². The number of nitrogens with zero attached hydrogens (tertiary/aromatic N) is 4. The van der Waals surface area contributed by atoms with Crippen LogP contribution in [0.3, 0.4) is 0 Å². The normalized spacial score (nSPS) is 12.3. The second kappa shape index (κ2) is 11.8. The summed E-state index contributed by atoms with van der Waals surface area (Å²) in [5.74, 6) is -1.06.